The number of hydrogen-bond acceptors (Lipinski definition) is 4. The molecule has 0 saturated heterocycles. The number of aromatic nitrogens is 7. The summed E-state index contributed by atoms with van der Waals surface area (Å²) < 4.78 is 240. The highest BCUT2D eigenvalue weighted by Gasteiger charge is 2.37. The number of aromatic amines is 4. The maximum Gasteiger partial charge on any atom is 0.200 e. The number of halogens is 15. The monoisotopic (exact) mass is 1760 g/mol. The highest BCUT2D eigenvalue weighted by atomic mass is 19.2. The van der Waals surface area contributed by atoms with E-state index in [1.807, 2.05) is 24.3 Å². The number of H-pyrrole nitrogens is 4. The maximum atomic E-state index is 16.8. The largest absolute Gasteiger partial charge is 0.354 e. The standard InChI is InChI=1S/C106H87F15N8/c1-101(2,3)54-37-50(38-55(44-54)102(4,5)6)77-64-25-23-60(123-64)75(61-24-26-65(124-61)78(51-39-56(103(7,8)9)45-57(40-51)104(10,11)12)67-28-30-69(126-67)79(68-29-27-66(77)125-68)52-41-58(105(13,14)15)46-59(42-52)106(16,17)18)48-19-21-49(22-20-48)76-62-31-34-71(127-62)81(84-88(109)94(115)99(120)95(116)89(84)110)72-36-33-70(129-72)80(83-86(107)92(113)98(119)93(114)87(83)108)53-43-74(122-47-53)82(73-35-32-63(76)128-73)85-90(111)96(117)100(121)97(118)91(85)112/h19-47,123,126,128-129H,1-18H3. The zero-order valence-electron chi connectivity index (χ0n) is 73.7. The molecule has 0 fully saturated rings. The molecule has 17 rings (SSSR count). The van der Waals surface area contributed by atoms with Crippen molar-refractivity contribution in [3.8, 4) is 89.0 Å². The Bertz CT molecular complexity index is 7210. The molecule has 8 nitrogen and oxygen atoms in total. The first kappa shape index (κ1) is 87.7. The highest BCUT2D eigenvalue weighted by Crippen LogP contribution is 2.50. The van der Waals surface area contributed by atoms with Crippen molar-refractivity contribution in [1.82, 2.24) is 34.9 Å². The second kappa shape index (κ2) is 31.0. The zero-order chi connectivity index (χ0) is 92.8. The van der Waals surface area contributed by atoms with Crippen molar-refractivity contribution in [2.24, 2.45) is 4.99 Å². The van der Waals surface area contributed by atoms with Gasteiger partial charge in [-0.3, -0.25) is 4.99 Å². The van der Waals surface area contributed by atoms with Crippen molar-refractivity contribution in [2.45, 2.75) is 157 Å². The molecular formula is C106H87F15N8. The minimum Gasteiger partial charge on any atom is -0.354 e. The van der Waals surface area contributed by atoms with E-state index < -0.39 is 154 Å². The molecular weight excluding hydrogens is 1670 g/mol. The smallest absolute Gasteiger partial charge is 0.200 e. The van der Waals surface area contributed by atoms with Crippen LogP contribution in [0.3, 0.4) is 0 Å². The Kier molecular flexibility index (Phi) is 21.1. The molecule has 4 aliphatic heterocycles. The predicted octanol–water partition coefficient (Wildman–Crippen LogP) is 31.0. The van der Waals surface area contributed by atoms with E-state index in [1.54, 1.807) is 24.3 Å². The lowest BCUT2D eigenvalue weighted by molar-refractivity contribution is 0.381. The normalized spacial score (nSPS) is 13.2. The van der Waals surface area contributed by atoms with Crippen molar-refractivity contribution in [2.75, 3.05) is 0 Å². The Morgan fingerprint density at radius 2 is 0.388 bits per heavy atom. The van der Waals surface area contributed by atoms with Crippen LogP contribution in [0.15, 0.2) is 138 Å². The molecule has 0 unspecified atom stereocenters. The molecule has 0 saturated carbocycles. The molecule has 0 atom stereocenters. The maximum absolute atomic E-state index is 16.8. The van der Waals surface area contributed by atoms with Gasteiger partial charge in [0.15, 0.2) is 69.8 Å². The number of rotatable bonds is 8. The minimum absolute atomic E-state index is 0.00894. The predicted molar refractivity (Wildman–Crippen MR) is 487 cm³/mol. The topological polar surface area (TPSA) is 114 Å². The number of nitrogens with zero attached hydrogens (tertiary/aromatic N) is 4. The van der Waals surface area contributed by atoms with Crippen LogP contribution >= 0.6 is 0 Å². The lowest BCUT2D eigenvalue weighted by atomic mass is 9.78. The molecule has 10 heterocycles. The van der Waals surface area contributed by atoms with Gasteiger partial charge in [-0.15, -0.1) is 0 Å². The Morgan fingerprint density at radius 3 is 0.636 bits per heavy atom. The van der Waals surface area contributed by atoms with Crippen LogP contribution in [0.2, 0.25) is 0 Å². The first-order valence-corrected chi connectivity index (χ1v) is 41.9. The molecule has 7 aromatic carbocycles. The van der Waals surface area contributed by atoms with E-state index in [-0.39, 0.29) is 54.8 Å². The lowest BCUT2D eigenvalue weighted by Gasteiger charge is -2.26. The fourth-order valence-electron chi connectivity index (χ4n) is 16.9. The number of nitrogens with one attached hydrogen (secondary N) is 4. The SMILES string of the molecule is CC(C)(C)c1cc(-c2c3nc(c(-c4cc(C(C)(C)C)cc(C(C)(C)C)c4)c4ccc([nH]4)c(-c4cc(C(C)(C)C)cc(C(C)(C)C)c4)c4nc(c(-c5ccc(-c6c7nc(c(-c8c(F)c(F)c(F)c(F)c8F)c8ccc([nH]8)c(-c8c(F)c(F)c(F)c(F)c8F)c8cc(c(-c9c(F)c(F)c(F)c(F)c9F)c9ccc6[nH]9)N=C8)C=C7)cc5)c5ccc2[nH]5)C=C4)C=C3)cc(C(C)(C)C)c1. The van der Waals surface area contributed by atoms with Crippen molar-refractivity contribution in [1.29, 1.82) is 0 Å². The Labute approximate surface area is 734 Å². The van der Waals surface area contributed by atoms with E-state index in [9.17, 15) is 4.39 Å². The van der Waals surface area contributed by atoms with Crippen LogP contribution in [-0.4, -0.2) is 41.1 Å². The van der Waals surface area contributed by atoms with Gasteiger partial charge in [-0.1, -0.05) is 203 Å². The first-order chi connectivity index (χ1) is 60.4. The van der Waals surface area contributed by atoms with Gasteiger partial charge in [0, 0.05) is 100 Å². The average Bonchev–Trinajstić information content (AvgIpc) is 1.48. The average molecular weight is 1760 g/mol. The van der Waals surface area contributed by atoms with Crippen LogP contribution < -0.4 is 0 Å². The minimum atomic E-state index is -2.63. The Hall–Kier alpha value is -13.3. The summed E-state index contributed by atoms with van der Waals surface area (Å²) in [6, 6.07) is 40.1. The van der Waals surface area contributed by atoms with Gasteiger partial charge in [-0.2, -0.15) is 0 Å². The van der Waals surface area contributed by atoms with E-state index in [1.165, 1.54) is 12.1 Å². The van der Waals surface area contributed by atoms with Crippen LogP contribution in [0.25, 0.3) is 170 Å². The van der Waals surface area contributed by atoms with Gasteiger partial charge in [-0.05, 0) is 185 Å². The van der Waals surface area contributed by atoms with Crippen LogP contribution in [-0.2, 0) is 32.5 Å². The molecule has 16 bridgehead atoms. The van der Waals surface area contributed by atoms with E-state index in [0.717, 1.165) is 108 Å². The Morgan fingerprint density at radius 1 is 0.194 bits per heavy atom. The summed E-state index contributed by atoms with van der Waals surface area (Å²) in [5.41, 5.74) is 4.00. The molecule has 656 valence electrons. The summed E-state index contributed by atoms with van der Waals surface area (Å²) in [7, 11) is 0. The van der Waals surface area contributed by atoms with Gasteiger partial charge >= 0.3 is 0 Å². The number of hydrogen-bond donors (Lipinski definition) is 4. The molecule has 23 heteroatoms. The highest BCUT2D eigenvalue weighted by molar-refractivity contribution is 6.07. The fourth-order valence-corrected chi connectivity index (χ4v) is 16.9. The van der Waals surface area contributed by atoms with Crippen molar-refractivity contribution < 1.29 is 65.9 Å². The third-order valence-electron chi connectivity index (χ3n) is 24.2. The number of aliphatic imine (C=N–C) groups is 1. The van der Waals surface area contributed by atoms with Gasteiger partial charge < -0.3 is 19.9 Å². The molecule has 0 radical (unpaired) electrons. The van der Waals surface area contributed by atoms with Crippen LogP contribution in [0.1, 0.15) is 198 Å². The van der Waals surface area contributed by atoms with Gasteiger partial charge in [0.1, 0.15) is 0 Å². The third kappa shape index (κ3) is 15.3. The van der Waals surface area contributed by atoms with Crippen molar-refractivity contribution in [3.05, 3.63) is 294 Å². The van der Waals surface area contributed by atoms with Gasteiger partial charge in [0.05, 0.1) is 56.5 Å². The van der Waals surface area contributed by atoms with E-state index in [2.05, 4.69) is 228 Å². The molecule has 13 aromatic rings. The van der Waals surface area contributed by atoms with Crippen LogP contribution in [0.5, 0.6) is 0 Å². The second-order valence-electron chi connectivity index (χ2n) is 39.3. The number of fused-ring (bicyclic) bond motifs is 16. The number of benzene rings is 7. The Balaban J connectivity index is 1.00. The third-order valence-corrected chi connectivity index (χ3v) is 24.2. The summed E-state index contributed by atoms with van der Waals surface area (Å²) in [6.07, 6.45) is 11.1. The molecule has 0 amide bonds. The van der Waals surface area contributed by atoms with Crippen molar-refractivity contribution in [3.63, 3.8) is 0 Å². The second-order valence-corrected chi connectivity index (χ2v) is 39.3. The molecule has 6 aromatic heterocycles. The molecule has 0 aliphatic carbocycles. The summed E-state index contributed by atoms with van der Waals surface area (Å²) in [5, 5.41) is 0. The van der Waals surface area contributed by atoms with E-state index in [4.69, 9.17) is 15.0 Å². The van der Waals surface area contributed by atoms with Crippen LogP contribution in [0, 0.1) is 87.3 Å². The molecule has 129 heavy (non-hydrogen) atoms. The summed E-state index contributed by atoms with van der Waals surface area (Å²) in [6.45, 7) is 39.3. The first-order valence-electron chi connectivity index (χ1n) is 41.9. The van der Waals surface area contributed by atoms with Gasteiger partial charge in [0.2, 0.25) is 17.5 Å². The summed E-state index contributed by atoms with van der Waals surface area (Å²) in [5.74, 6) is -37.0. The van der Waals surface area contributed by atoms with E-state index >= 15 is 61.5 Å². The summed E-state index contributed by atoms with van der Waals surface area (Å²) in [4.78, 5) is 34.0. The van der Waals surface area contributed by atoms with Crippen LogP contribution in [0.4, 0.5) is 71.5 Å². The fraction of sp³-hybridized carbons (Fsp3) is 0.226. The molecule has 4 N–H and O–H groups in total. The van der Waals surface area contributed by atoms with Crippen molar-refractivity contribution >= 4 is 92.5 Å². The zero-order valence-corrected chi connectivity index (χ0v) is 73.7. The van der Waals surface area contributed by atoms with E-state index in [0.29, 0.717) is 51.2 Å². The molecule has 4 aliphatic rings. The van der Waals surface area contributed by atoms with Gasteiger partial charge in [-0.25, -0.2) is 80.8 Å². The molecule has 0 spiro atoms. The summed E-state index contributed by atoms with van der Waals surface area (Å²) >= 11 is 0. The van der Waals surface area contributed by atoms with Gasteiger partial charge in [0.25, 0.3) is 0 Å². The lowest BCUT2D eigenvalue weighted by Crippen LogP contribution is -2.16. The quantitative estimate of drug-likeness (QED) is 0.0690.